The summed E-state index contributed by atoms with van der Waals surface area (Å²) in [6.07, 6.45) is -0.153. The SMILES string of the molecule is O=C(N[C@@H](CCO)C(=O)O)c1cc2ccccc2oc1=O. The maximum Gasteiger partial charge on any atom is 0.349 e. The fourth-order valence-corrected chi connectivity index (χ4v) is 1.84. The van der Waals surface area contributed by atoms with E-state index in [1.54, 1.807) is 24.3 Å². The molecule has 1 atom stereocenters. The van der Waals surface area contributed by atoms with Crippen LogP contribution in [0.1, 0.15) is 16.8 Å². The predicted molar refractivity (Wildman–Crippen MR) is 73.1 cm³/mol. The smallest absolute Gasteiger partial charge is 0.349 e. The highest BCUT2D eigenvalue weighted by molar-refractivity contribution is 5.98. The van der Waals surface area contributed by atoms with Gasteiger partial charge < -0.3 is 19.9 Å². The zero-order valence-electron chi connectivity index (χ0n) is 10.9. The van der Waals surface area contributed by atoms with E-state index in [9.17, 15) is 14.4 Å². The summed E-state index contributed by atoms with van der Waals surface area (Å²) < 4.78 is 5.00. The van der Waals surface area contributed by atoms with E-state index in [0.29, 0.717) is 11.0 Å². The normalized spacial score (nSPS) is 12.0. The van der Waals surface area contributed by atoms with E-state index in [4.69, 9.17) is 14.6 Å². The molecule has 21 heavy (non-hydrogen) atoms. The van der Waals surface area contributed by atoms with Gasteiger partial charge in [-0.15, -0.1) is 0 Å². The van der Waals surface area contributed by atoms with Crippen molar-refractivity contribution in [2.45, 2.75) is 12.5 Å². The zero-order valence-corrected chi connectivity index (χ0v) is 10.9. The summed E-state index contributed by atoms with van der Waals surface area (Å²) in [6.45, 7) is -0.399. The van der Waals surface area contributed by atoms with E-state index >= 15 is 0 Å². The number of carboxylic acids is 1. The Balaban J connectivity index is 2.32. The molecule has 0 spiro atoms. The molecule has 0 fully saturated rings. The molecule has 1 amide bonds. The number of aliphatic carboxylic acids is 1. The fraction of sp³-hybridized carbons (Fsp3) is 0.214. The molecule has 0 radical (unpaired) electrons. The number of fused-ring (bicyclic) bond motifs is 1. The van der Waals surface area contributed by atoms with Crippen molar-refractivity contribution in [3.05, 3.63) is 46.3 Å². The van der Waals surface area contributed by atoms with Gasteiger partial charge in [-0.25, -0.2) is 9.59 Å². The lowest BCUT2D eigenvalue weighted by atomic mass is 10.1. The number of rotatable bonds is 5. The number of para-hydroxylation sites is 1. The third-order valence-corrected chi connectivity index (χ3v) is 2.91. The number of amides is 1. The third kappa shape index (κ3) is 3.26. The van der Waals surface area contributed by atoms with E-state index in [2.05, 4.69) is 5.32 Å². The zero-order chi connectivity index (χ0) is 15.4. The summed E-state index contributed by atoms with van der Waals surface area (Å²) in [6, 6.07) is 6.73. The van der Waals surface area contributed by atoms with Gasteiger partial charge in [-0.2, -0.15) is 0 Å². The minimum Gasteiger partial charge on any atom is -0.480 e. The van der Waals surface area contributed by atoms with Gasteiger partial charge in [0.2, 0.25) is 0 Å². The quantitative estimate of drug-likeness (QED) is 0.685. The average molecular weight is 291 g/mol. The van der Waals surface area contributed by atoms with Crippen molar-refractivity contribution in [2.24, 2.45) is 0 Å². The molecule has 1 aromatic carbocycles. The van der Waals surface area contributed by atoms with Gasteiger partial charge in [-0.3, -0.25) is 4.79 Å². The highest BCUT2D eigenvalue weighted by Crippen LogP contribution is 2.12. The first-order chi connectivity index (χ1) is 10.0. The van der Waals surface area contributed by atoms with Crippen LogP contribution in [0.4, 0.5) is 0 Å². The van der Waals surface area contributed by atoms with Gasteiger partial charge in [-0.1, -0.05) is 18.2 Å². The second-order valence-electron chi connectivity index (χ2n) is 4.36. The molecule has 7 nitrogen and oxygen atoms in total. The number of aliphatic hydroxyl groups is 1. The van der Waals surface area contributed by atoms with Crippen LogP contribution in [0.2, 0.25) is 0 Å². The van der Waals surface area contributed by atoms with Crippen molar-refractivity contribution in [1.29, 1.82) is 0 Å². The summed E-state index contributed by atoms with van der Waals surface area (Å²) in [4.78, 5) is 34.7. The van der Waals surface area contributed by atoms with Crippen LogP contribution in [0.25, 0.3) is 11.0 Å². The number of carbonyl (C=O) groups excluding carboxylic acids is 1. The monoisotopic (exact) mass is 291 g/mol. The van der Waals surface area contributed by atoms with Gasteiger partial charge in [0, 0.05) is 18.4 Å². The molecule has 0 aliphatic rings. The molecule has 1 aromatic heterocycles. The molecule has 3 N–H and O–H groups in total. The number of aliphatic hydroxyl groups excluding tert-OH is 1. The molecule has 110 valence electrons. The number of benzene rings is 1. The van der Waals surface area contributed by atoms with E-state index in [0.717, 1.165) is 0 Å². The largest absolute Gasteiger partial charge is 0.480 e. The average Bonchev–Trinajstić information content (AvgIpc) is 2.45. The van der Waals surface area contributed by atoms with Crippen LogP contribution < -0.4 is 10.9 Å². The Morgan fingerprint density at radius 3 is 2.67 bits per heavy atom. The first-order valence-corrected chi connectivity index (χ1v) is 6.20. The molecule has 0 unspecified atom stereocenters. The molecular weight excluding hydrogens is 278 g/mol. The Bertz CT molecular complexity index is 736. The van der Waals surface area contributed by atoms with Crippen molar-refractivity contribution in [2.75, 3.05) is 6.61 Å². The molecule has 0 saturated heterocycles. The summed E-state index contributed by atoms with van der Waals surface area (Å²) in [5.74, 6) is -2.14. The highest BCUT2D eigenvalue weighted by atomic mass is 16.4. The third-order valence-electron chi connectivity index (χ3n) is 2.91. The van der Waals surface area contributed by atoms with E-state index in [1.807, 2.05) is 0 Å². The summed E-state index contributed by atoms with van der Waals surface area (Å²) in [5, 5.41) is 20.4. The maximum absolute atomic E-state index is 12.0. The topological polar surface area (TPSA) is 117 Å². The molecule has 0 aliphatic carbocycles. The lowest BCUT2D eigenvalue weighted by Crippen LogP contribution is -2.42. The van der Waals surface area contributed by atoms with E-state index < -0.39 is 30.2 Å². The Kier molecular flexibility index (Phi) is 4.34. The Labute approximate surface area is 118 Å². The van der Waals surface area contributed by atoms with E-state index in [-0.39, 0.29) is 12.0 Å². The second-order valence-corrected chi connectivity index (χ2v) is 4.36. The van der Waals surface area contributed by atoms with Crippen LogP contribution in [-0.2, 0) is 4.79 Å². The number of nitrogens with one attached hydrogen (secondary N) is 1. The van der Waals surface area contributed by atoms with Crippen LogP contribution in [0, 0.1) is 0 Å². The molecule has 1 heterocycles. The number of carboxylic acid groups (broad SMARTS) is 1. The van der Waals surface area contributed by atoms with Crippen LogP contribution in [0.15, 0.2) is 39.5 Å². The first kappa shape index (κ1) is 14.7. The molecule has 0 bridgehead atoms. The van der Waals surface area contributed by atoms with Crippen molar-refractivity contribution in [1.82, 2.24) is 5.32 Å². The van der Waals surface area contributed by atoms with E-state index in [1.165, 1.54) is 6.07 Å². The Morgan fingerprint density at radius 1 is 1.29 bits per heavy atom. The van der Waals surface area contributed by atoms with Crippen molar-refractivity contribution >= 4 is 22.8 Å². The molecule has 7 heteroatoms. The van der Waals surface area contributed by atoms with Gasteiger partial charge in [0.05, 0.1) is 0 Å². The van der Waals surface area contributed by atoms with Gasteiger partial charge in [0.15, 0.2) is 0 Å². The van der Waals surface area contributed by atoms with Gasteiger partial charge in [-0.05, 0) is 12.1 Å². The van der Waals surface area contributed by atoms with Crippen molar-refractivity contribution < 1.29 is 24.2 Å². The fourth-order valence-electron chi connectivity index (χ4n) is 1.84. The Morgan fingerprint density at radius 2 is 2.00 bits per heavy atom. The summed E-state index contributed by atoms with van der Waals surface area (Å²) in [5.41, 5.74) is -0.790. The van der Waals surface area contributed by atoms with Crippen LogP contribution in [-0.4, -0.2) is 34.7 Å². The summed E-state index contributed by atoms with van der Waals surface area (Å²) >= 11 is 0. The second kappa shape index (κ2) is 6.19. The number of hydrogen-bond acceptors (Lipinski definition) is 5. The molecule has 2 aromatic rings. The van der Waals surface area contributed by atoms with Crippen LogP contribution >= 0.6 is 0 Å². The lowest BCUT2D eigenvalue weighted by Gasteiger charge is -2.12. The van der Waals surface area contributed by atoms with Crippen molar-refractivity contribution in [3.8, 4) is 0 Å². The minimum absolute atomic E-state index is 0.153. The predicted octanol–water partition coefficient (Wildman–Crippen LogP) is 0.358. The molecular formula is C14H13NO6. The Hall–Kier alpha value is -2.67. The van der Waals surface area contributed by atoms with Crippen LogP contribution in [0.5, 0.6) is 0 Å². The van der Waals surface area contributed by atoms with Gasteiger partial charge in [0.1, 0.15) is 17.2 Å². The molecule has 0 aliphatic heterocycles. The minimum atomic E-state index is -1.29. The van der Waals surface area contributed by atoms with Gasteiger partial charge in [0.25, 0.3) is 5.91 Å². The van der Waals surface area contributed by atoms with Crippen LogP contribution in [0.3, 0.4) is 0 Å². The summed E-state index contributed by atoms with van der Waals surface area (Å²) in [7, 11) is 0. The highest BCUT2D eigenvalue weighted by Gasteiger charge is 2.22. The molecule has 0 saturated carbocycles. The first-order valence-electron chi connectivity index (χ1n) is 6.20. The van der Waals surface area contributed by atoms with Crippen molar-refractivity contribution in [3.63, 3.8) is 0 Å². The maximum atomic E-state index is 12.0. The number of hydrogen-bond donors (Lipinski definition) is 3. The number of carbonyl (C=O) groups is 2. The standard InChI is InChI=1S/C14H13NO6/c16-6-5-10(13(18)19)15-12(17)9-7-8-3-1-2-4-11(8)21-14(9)20/h1-4,7,10,16H,5-6H2,(H,15,17)(H,18,19)/t10-/m0/s1. The van der Waals surface area contributed by atoms with Gasteiger partial charge >= 0.3 is 11.6 Å². The lowest BCUT2D eigenvalue weighted by molar-refractivity contribution is -0.139. The molecule has 2 rings (SSSR count).